The lowest BCUT2D eigenvalue weighted by Crippen LogP contribution is -2.37. The number of rotatable bonds is 6. The van der Waals surface area contributed by atoms with E-state index in [1.165, 1.54) is 4.31 Å². The second-order valence-corrected chi connectivity index (χ2v) is 8.78. The Kier molecular flexibility index (Phi) is 6.21. The molecule has 0 atom stereocenters. The first-order valence-corrected chi connectivity index (χ1v) is 10.8. The number of nitrogens with one attached hydrogen (secondary N) is 2. The number of ether oxygens (including phenoxy) is 1. The standard InChI is InChI=1S/C20H25N3O4S/c1-3-11-28(25,26)23-10-9-15-7-8-18(12-16(15)14-23)22-20(24)21-17-5-4-6-19(13-17)27-2/h4-8,12-13H,3,9-11,14H2,1-2H3,(H2,21,22,24). The van der Waals surface area contributed by atoms with Gasteiger partial charge in [0, 0.05) is 30.5 Å². The number of sulfonamides is 1. The lowest BCUT2D eigenvalue weighted by Gasteiger charge is -2.28. The number of carbonyl (C=O) groups excluding carboxylic acids is 1. The Morgan fingerprint density at radius 2 is 1.86 bits per heavy atom. The maximum absolute atomic E-state index is 12.3. The van der Waals surface area contributed by atoms with Crippen molar-refractivity contribution in [3.63, 3.8) is 0 Å². The average molecular weight is 404 g/mol. The lowest BCUT2D eigenvalue weighted by molar-refractivity contribution is 0.262. The Morgan fingerprint density at radius 3 is 2.57 bits per heavy atom. The molecule has 0 aromatic heterocycles. The minimum absolute atomic E-state index is 0.156. The molecule has 0 unspecified atom stereocenters. The van der Waals surface area contributed by atoms with Gasteiger partial charge in [-0.1, -0.05) is 19.1 Å². The zero-order valence-electron chi connectivity index (χ0n) is 16.1. The topological polar surface area (TPSA) is 87.7 Å². The highest BCUT2D eigenvalue weighted by atomic mass is 32.2. The Morgan fingerprint density at radius 1 is 1.11 bits per heavy atom. The third-order valence-electron chi connectivity index (χ3n) is 4.62. The number of amides is 2. The van der Waals surface area contributed by atoms with Crippen LogP contribution < -0.4 is 15.4 Å². The minimum atomic E-state index is -3.24. The van der Waals surface area contributed by atoms with Gasteiger partial charge in [0.1, 0.15) is 5.75 Å². The highest BCUT2D eigenvalue weighted by Gasteiger charge is 2.26. The molecule has 1 aliphatic heterocycles. The predicted molar refractivity (Wildman–Crippen MR) is 110 cm³/mol. The average Bonchev–Trinajstić information content (AvgIpc) is 2.67. The van der Waals surface area contributed by atoms with Gasteiger partial charge in [0.25, 0.3) is 0 Å². The fourth-order valence-corrected chi connectivity index (χ4v) is 4.71. The zero-order valence-corrected chi connectivity index (χ0v) is 16.9. The van der Waals surface area contributed by atoms with Crippen molar-refractivity contribution in [2.24, 2.45) is 0 Å². The van der Waals surface area contributed by atoms with Gasteiger partial charge in [0.05, 0.1) is 12.9 Å². The van der Waals surface area contributed by atoms with Crippen molar-refractivity contribution < 1.29 is 17.9 Å². The zero-order chi connectivity index (χ0) is 20.1. The first kappa shape index (κ1) is 20.2. The molecule has 2 amide bonds. The molecule has 150 valence electrons. The van der Waals surface area contributed by atoms with E-state index in [2.05, 4.69) is 10.6 Å². The number of nitrogens with zero attached hydrogens (tertiary/aromatic N) is 1. The van der Waals surface area contributed by atoms with Gasteiger partial charge >= 0.3 is 6.03 Å². The number of benzene rings is 2. The molecule has 0 spiro atoms. The Hall–Kier alpha value is -2.58. The van der Waals surface area contributed by atoms with Crippen molar-refractivity contribution in [1.82, 2.24) is 4.31 Å². The van der Waals surface area contributed by atoms with Crippen LogP contribution in [0.4, 0.5) is 16.2 Å². The van der Waals surface area contributed by atoms with Gasteiger partial charge < -0.3 is 15.4 Å². The van der Waals surface area contributed by atoms with Crippen molar-refractivity contribution in [3.8, 4) is 5.75 Å². The number of anilines is 2. The van der Waals surface area contributed by atoms with Crippen LogP contribution in [0.1, 0.15) is 24.5 Å². The molecule has 2 aromatic carbocycles. The molecule has 8 heteroatoms. The van der Waals surface area contributed by atoms with Crippen molar-refractivity contribution >= 4 is 27.4 Å². The normalized spacial score (nSPS) is 14.2. The number of urea groups is 1. The minimum Gasteiger partial charge on any atom is -0.497 e. The second-order valence-electron chi connectivity index (χ2n) is 6.69. The SMILES string of the molecule is CCCS(=O)(=O)N1CCc2ccc(NC(=O)Nc3cccc(OC)c3)cc2C1. The summed E-state index contributed by atoms with van der Waals surface area (Å²) in [6.45, 7) is 2.70. The Bertz CT molecular complexity index is 960. The first-order chi connectivity index (χ1) is 13.4. The molecular formula is C20H25N3O4S. The van der Waals surface area contributed by atoms with Crippen LogP contribution in [0.5, 0.6) is 5.75 Å². The molecule has 1 heterocycles. The summed E-state index contributed by atoms with van der Waals surface area (Å²) in [6.07, 6.45) is 1.27. The maximum Gasteiger partial charge on any atom is 0.323 e. The summed E-state index contributed by atoms with van der Waals surface area (Å²) in [4.78, 5) is 12.3. The number of hydrogen-bond acceptors (Lipinski definition) is 4. The smallest absolute Gasteiger partial charge is 0.323 e. The molecule has 0 saturated heterocycles. The van der Waals surface area contributed by atoms with Crippen LogP contribution in [0.2, 0.25) is 0 Å². The quantitative estimate of drug-likeness (QED) is 0.773. The van der Waals surface area contributed by atoms with E-state index in [1.807, 2.05) is 25.1 Å². The fourth-order valence-electron chi connectivity index (χ4n) is 3.23. The van der Waals surface area contributed by atoms with Gasteiger partial charge in [0.2, 0.25) is 10.0 Å². The van der Waals surface area contributed by atoms with E-state index in [0.29, 0.717) is 43.1 Å². The van der Waals surface area contributed by atoms with Crippen molar-refractivity contribution in [1.29, 1.82) is 0 Å². The van der Waals surface area contributed by atoms with E-state index in [4.69, 9.17) is 4.74 Å². The molecule has 0 aliphatic carbocycles. The number of methoxy groups -OCH3 is 1. The van der Waals surface area contributed by atoms with Crippen LogP contribution in [0, 0.1) is 0 Å². The van der Waals surface area contributed by atoms with E-state index in [0.717, 1.165) is 11.1 Å². The van der Waals surface area contributed by atoms with E-state index in [9.17, 15) is 13.2 Å². The molecule has 7 nitrogen and oxygen atoms in total. The lowest BCUT2D eigenvalue weighted by atomic mass is 10.0. The number of carbonyl (C=O) groups is 1. The molecule has 0 saturated carbocycles. The Balaban J connectivity index is 1.69. The van der Waals surface area contributed by atoms with Crippen LogP contribution in [0.3, 0.4) is 0 Å². The molecule has 0 bridgehead atoms. The largest absolute Gasteiger partial charge is 0.497 e. The van der Waals surface area contributed by atoms with Crippen molar-refractivity contribution in [2.75, 3.05) is 30.0 Å². The van der Waals surface area contributed by atoms with Gasteiger partial charge in [-0.2, -0.15) is 4.31 Å². The van der Waals surface area contributed by atoms with Gasteiger partial charge in [-0.25, -0.2) is 13.2 Å². The molecule has 2 N–H and O–H groups in total. The first-order valence-electron chi connectivity index (χ1n) is 9.23. The van der Waals surface area contributed by atoms with Gasteiger partial charge in [0.15, 0.2) is 0 Å². The molecule has 3 rings (SSSR count). The fraction of sp³-hybridized carbons (Fsp3) is 0.350. The highest BCUT2D eigenvalue weighted by molar-refractivity contribution is 7.89. The highest BCUT2D eigenvalue weighted by Crippen LogP contribution is 2.25. The van der Waals surface area contributed by atoms with Gasteiger partial charge in [-0.15, -0.1) is 0 Å². The van der Waals surface area contributed by atoms with Gasteiger partial charge in [-0.05, 0) is 48.2 Å². The van der Waals surface area contributed by atoms with E-state index in [1.54, 1.807) is 31.4 Å². The third-order valence-corrected chi connectivity index (χ3v) is 6.65. The van der Waals surface area contributed by atoms with Gasteiger partial charge in [-0.3, -0.25) is 0 Å². The van der Waals surface area contributed by atoms with Crippen LogP contribution in [0.25, 0.3) is 0 Å². The maximum atomic E-state index is 12.3. The van der Waals surface area contributed by atoms with Crippen molar-refractivity contribution in [3.05, 3.63) is 53.6 Å². The number of hydrogen-bond donors (Lipinski definition) is 2. The van der Waals surface area contributed by atoms with E-state index >= 15 is 0 Å². The summed E-state index contributed by atoms with van der Waals surface area (Å²) >= 11 is 0. The third kappa shape index (κ3) is 4.82. The summed E-state index contributed by atoms with van der Waals surface area (Å²) in [5.74, 6) is 0.809. The van der Waals surface area contributed by atoms with Crippen LogP contribution in [-0.4, -0.2) is 38.2 Å². The summed E-state index contributed by atoms with van der Waals surface area (Å²) in [6, 6.07) is 12.3. The van der Waals surface area contributed by atoms with Crippen LogP contribution >= 0.6 is 0 Å². The second kappa shape index (κ2) is 8.62. The van der Waals surface area contributed by atoms with Crippen molar-refractivity contribution in [2.45, 2.75) is 26.3 Å². The summed E-state index contributed by atoms with van der Waals surface area (Å²) in [5, 5.41) is 5.56. The predicted octanol–water partition coefficient (Wildman–Crippen LogP) is 3.44. The summed E-state index contributed by atoms with van der Waals surface area (Å²) in [7, 11) is -1.67. The molecule has 2 aromatic rings. The molecule has 28 heavy (non-hydrogen) atoms. The number of fused-ring (bicyclic) bond motifs is 1. The van der Waals surface area contributed by atoms with E-state index in [-0.39, 0.29) is 11.8 Å². The monoisotopic (exact) mass is 403 g/mol. The molecule has 0 radical (unpaired) electrons. The molecule has 1 aliphatic rings. The van der Waals surface area contributed by atoms with Crippen LogP contribution in [-0.2, 0) is 23.0 Å². The Labute approximate surface area is 165 Å². The molecular weight excluding hydrogens is 378 g/mol. The summed E-state index contributed by atoms with van der Waals surface area (Å²) in [5.41, 5.74) is 3.27. The summed E-state index contributed by atoms with van der Waals surface area (Å²) < 4.78 is 31.4. The van der Waals surface area contributed by atoms with Crippen LogP contribution in [0.15, 0.2) is 42.5 Å². The van der Waals surface area contributed by atoms with E-state index < -0.39 is 10.0 Å². The molecule has 0 fully saturated rings.